The average molecular weight is 396 g/mol. The van der Waals surface area contributed by atoms with Gasteiger partial charge in [-0.05, 0) is 24.3 Å². The first-order valence-electron chi connectivity index (χ1n) is 9.36. The molecule has 2 aromatic heterocycles. The van der Waals surface area contributed by atoms with E-state index >= 15 is 0 Å². The van der Waals surface area contributed by atoms with E-state index in [-0.39, 0.29) is 11.1 Å². The highest BCUT2D eigenvalue weighted by molar-refractivity contribution is 5.89. The maximum Gasteiger partial charge on any atom is 0.273 e. The van der Waals surface area contributed by atoms with E-state index in [1.54, 1.807) is 30.3 Å². The van der Waals surface area contributed by atoms with Crippen molar-refractivity contribution >= 4 is 22.1 Å². The highest BCUT2D eigenvalue weighted by atomic mass is 16.5. The first-order chi connectivity index (χ1) is 14.7. The van der Waals surface area contributed by atoms with Gasteiger partial charge in [-0.15, -0.1) is 0 Å². The van der Waals surface area contributed by atoms with Gasteiger partial charge in [-0.3, -0.25) is 14.2 Å². The number of methoxy groups -OCH3 is 1. The van der Waals surface area contributed by atoms with Crippen LogP contribution in [-0.4, -0.2) is 16.7 Å². The Kier molecular flexibility index (Phi) is 4.17. The first-order valence-corrected chi connectivity index (χ1v) is 9.36. The molecule has 30 heavy (non-hydrogen) atoms. The summed E-state index contributed by atoms with van der Waals surface area (Å²) < 4.78 is 12.6. The smallest absolute Gasteiger partial charge is 0.273 e. The van der Waals surface area contributed by atoms with Gasteiger partial charge in [-0.25, -0.2) is 0 Å². The van der Waals surface area contributed by atoms with Crippen LogP contribution in [0, 0.1) is 0 Å². The Labute approximate surface area is 170 Å². The summed E-state index contributed by atoms with van der Waals surface area (Å²) in [6.07, 6.45) is 0. The number of rotatable bonds is 3. The third-order valence-corrected chi connectivity index (χ3v) is 4.96. The van der Waals surface area contributed by atoms with E-state index < -0.39 is 11.0 Å². The van der Waals surface area contributed by atoms with Gasteiger partial charge >= 0.3 is 0 Å². The van der Waals surface area contributed by atoms with Crippen molar-refractivity contribution in [2.45, 2.75) is 0 Å². The molecule has 0 spiro atoms. The fourth-order valence-corrected chi connectivity index (χ4v) is 3.51. The Morgan fingerprint density at radius 1 is 0.900 bits per heavy atom. The molecule has 5 aromatic rings. The number of hydrogen-bond donors (Lipinski definition) is 0. The predicted octanol–water partition coefficient (Wildman–Crippen LogP) is 4.17. The van der Waals surface area contributed by atoms with Gasteiger partial charge in [0.25, 0.3) is 5.56 Å². The molecule has 6 heteroatoms. The van der Waals surface area contributed by atoms with Crippen molar-refractivity contribution in [3.63, 3.8) is 0 Å². The zero-order chi connectivity index (χ0) is 20.7. The van der Waals surface area contributed by atoms with Crippen LogP contribution in [0.2, 0.25) is 0 Å². The van der Waals surface area contributed by atoms with Gasteiger partial charge in [-0.1, -0.05) is 48.5 Å². The summed E-state index contributed by atoms with van der Waals surface area (Å²) in [5.41, 5.74) is 0.762. The van der Waals surface area contributed by atoms with Crippen LogP contribution in [0.3, 0.4) is 0 Å². The molecule has 0 bridgehead atoms. The minimum atomic E-state index is -0.475. The Bertz CT molecular complexity index is 1500. The Morgan fingerprint density at radius 3 is 2.30 bits per heavy atom. The van der Waals surface area contributed by atoms with Gasteiger partial charge in [0.1, 0.15) is 11.3 Å². The Balaban J connectivity index is 1.95. The fraction of sp³-hybridized carbons (Fsp3) is 0.0417. The number of para-hydroxylation sites is 1. The monoisotopic (exact) mass is 396 g/mol. The number of nitrogens with zero attached hydrogens (tertiary/aromatic N) is 2. The van der Waals surface area contributed by atoms with Crippen LogP contribution >= 0.6 is 0 Å². The molecule has 3 aromatic carbocycles. The van der Waals surface area contributed by atoms with Gasteiger partial charge in [0.2, 0.25) is 11.1 Å². The number of fused-ring (bicyclic) bond motifs is 2. The van der Waals surface area contributed by atoms with Crippen molar-refractivity contribution in [1.29, 1.82) is 0 Å². The first kappa shape index (κ1) is 17.9. The summed E-state index contributed by atoms with van der Waals surface area (Å²) in [5, 5.41) is 0.213. The van der Waals surface area contributed by atoms with E-state index in [0.29, 0.717) is 28.2 Å². The molecular weight excluding hydrogens is 380 g/mol. The topological polar surface area (TPSA) is 74.3 Å². The van der Waals surface area contributed by atoms with Crippen LogP contribution in [0.25, 0.3) is 39.1 Å². The van der Waals surface area contributed by atoms with Gasteiger partial charge < -0.3 is 9.15 Å². The quantitative estimate of drug-likeness (QED) is 0.428. The van der Waals surface area contributed by atoms with Crippen molar-refractivity contribution in [2.24, 2.45) is 0 Å². The molecule has 0 unspecified atom stereocenters. The van der Waals surface area contributed by atoms with Crippen LogP contribution < -0.4 is 15.7 Å². The molecule has 0 aliphatic heterocycles. The second-order valence-corrected chi connectivity index (χ2v) is 6.75. The third kappa shape index (κ3) is 2.78. The standard InChI is InChI=1S/C24H16N2O4/c1-29-17-12-13-18-19(14-17)30-23-20(21(18)27)24(28)26(16-10-6-3-7-11-16)22(25-23)15-8-4-2-5-9-15/h2-14H,1H3. The highest BCUT2D eigenvalue weighted by Gasteiger charge is 2.20. The van der Waals surface area contributed by atoms with E-state index in [1.165, 1.54) is 11.7 Å². The van der Waals surface area contributed by atoms with Crippen molar-refractivity contribution in [3.05, 3.63) is 99.4 Å². The Hall–Kier alpha value is -4.19. The number of benzene rings is 3. The highest BCUT2D eigenvalue weighted by Crippen LogP contribution is 2.24. The molecule has 0 saturated carbocycles. The second kappa shape index (κ2) is 7.00. The van der Waals surface area contributed by atoms with E-state index in [0.717, 1.165) is 5.56 Å². The van der Waals surface area contributed by atoms with E-state index in [9.17, 15) is 9.59 Å². The SMILES string of the molecule is COc1ccc2c(=O)c3c(=O)n(-c4ccccc4)c(-c4ccccc4)nc3oc2c1. The van der Waals surface area contributed by atoms with Gasteiger partial charge in [-0.2, -0.15) is 4.98 Å². The van der Waals surface area contributed by atoms with Gasteiger partial charge in [0.05, 0.1) is 18.2 Å². The lowest BCUT2D eigenvalue weighted by molar-refractivity contribution is 0.414. The van der Waals surface area contributed by atoms with E-state index in [1.807, 2.05) is 48.5 Å². The van der Waals surface area contributed by atoms with Crippen molar-refractivity contribution < 1.29 is 9.15 Å². The molecule has 2 heterocycles. The molecule has 0 amide bonds. The van der Waals surface area contributed by atoms with Crippen LogP contribution in [-0.2, 0) is 0 Å². The number of hydrogen-bond acceptors (Lipinski definition) is 5. The van der Waals surface area contributed by atoms with Crippen LogP contribution in [0.4, 0.5) is 0 Å². The molecule has 0 N–H and O–H groups in total. The summed E-state index contributed by atoms with van der Waals surface area (Å²) in [4.78, 5) is 31.3. The lowest BCUT2D eigenvalue weighted by atomic mass is 10.1. The largest absolute Gasteiger partial charge is 0.497 e. The summed E-state index contributed by atoms with van der Waals surface area (Å²) in [6, 6.07) is 23.3. The fourth-order valence-electron chi connectivity index (χ4n) is 3.51. The van der Waals surface area contributed by atoms with Gasteiger partial charge in [0, 0.05) is 11.6 Å². The molecule has 5 rings (SSSR count). The number of ether oxygens (including phenoxy) is 1. The lowest BCUT2D eigenvalue weighted by Crippen LogP contribution is -2.26. The normalized spacial score (nSPS) is 11.1. The molecule has 0 atom stereocenters. The molecule has 0 fully saturated rings. The maximum absolute atomic E-state index is 13.5. The summed E-state index contributed by atoms with van der Waals surface area (Å²) in [7, 11) is 1.53. The van der Waals surface area contributed by atoms with Crippen LogP contribution in [0.5, 0.6) is 5.75 Å². The molecular formula is C24H16N2O4. The molecule has 0 saturated heterocycles. The zero-order valence-corrected chi connectivity index (χ0v) is 16.0. The van der Waals surface area contributed by atoms with Crippen LogP contribution in [0.15, 0.2) is 92.9 Å². The van der Waals surface area contributed by atoms with E-state index in [4.69, 9.17) is 9.15 Å². The average Bonchev–Trinajstić information content (AvgIpc) is 2.79. The number of aromatic nitrogens is 2. The summed E-state index contributed by atoms with van der Waals surface area (Å²) in [6.45, 7) is 0. The van der Waals surface area contributed by atoms with Crippen LogP contribution in [0.1, 0.15) is 0 Å². The molecule has 6 nitrogen and oxygen atoms in total. The third-order valence-electron chi connectivity index (χ3n) is 4.96. The minimum absolute atomic E-state index is 0.00297. The van der Waals surface area contributed by atoms with Crippen molar-refractivity contribution in [3.8, 4) is 22.8 Å². The zero-order valence-electron chi connectivity index (χ0n) is 16.0. The predicted molar refractivity (Wildman–Crippen MR) is 115 cm³/mol. The lowest BCUT2D eigenvalue weighted by Gasteiger charge is -2.13. The van der Waals surface area contributed by atoms with Crippen molar-refractivity contribution in [2.75, 3.05) is 7.11 Å². The maximum atomic E-state index is 13.5. The molecule has 0 aliphatic rings. The molecule has 0 aliphatic carbocycles. The summed E-state index contributed by atoms with van der Waals surface area (Å²) in [5.74, 6) is 0.940. The van der Waals surface area contributed by atoms with Crippen molar-refractivity contribution in [1.82, 2.24) is 9.55 Å². The molecule has 0 radical (unpaired) electrons. The summed E-state index contributed by atoms with van der Waals surface area (Å²) >= 11 is 0. The minimum Gasteiger partial charge on any atom is -0.497 e. The Morgan fingerprint density at radius 2 is 1.60 bits per heavy atom. The second-order valence-electron chi connectivity index (χ2n) is 6.75. The van der Waals surface area contributed by atoms with Gasteiger partial charge in [0.15, 0.2) is 11.2 Å². The van der Waals surface area contributed by atoms with E-state index in [2.05, 4.69) is 4.98 Å². The molecule has 146 valence electrons.